The largest absolute Gasteiger partial charge is 0.372 e. The predicted octanol–water partition coefficient (Wildman–Crippen LogP) is 2.79. The average Bonchev–Trinajstić information content (AvgIpc) is 3.09. The number of hydrogen-bond acceptors (Lipinski definition) is 7. The van der Waals surface area contributed by atoms with Gasteiger partial charge in [-0.2, -0.15) is 4.98 Å². The Morgan fingerprint density at radius 3 is 2.82 bits per heavy atom. The Hall–Kier alpha value is -1.02. The van der Waals surface area contributed by atoms with Crippen LogP contribution in [0.4, 0.5) is 0 Å². The van der Waals surface area contributed by atoms with Gasteiger partial charge >= 0.3 is 0 Å². The van der Waals surface area contributed by atoms with Crippen LogP contribution in [0.3, 0.4) is 0 Å². The molecule has 2 aromatic rings. The first kappa shape index (κ1) is 19.0. The highest BCUT2D eigenvalue weighted by Gasteiger charge is 2.14. The van der Waals surface area contributed by atoms with E-state index >= 15 is 0 Å². The van der Waals surface area contributed by atoms with Crippen molar-refractivity contribution in [3.05, 3.63) is 27.8 Å². The van der Waals surface area contributed by atoms with E-state index in [1.807, 2.05) is 26.3 Å². The molecule has 22 heavy (non-hydrogen) atoms. The summed E-state index contributed by atoms with van der Waals surface area (Å²) in [5.41, 5.74) is 0.943. The third-order valence-electron chi connectivity index (χ3n) is 3.16. The summed E-state index contributed by atoms with van der Waals surface area (Å²) >= 11 is 1.60. The van der Waals surface area contributed by atoms with Crippen LogP contribution in [-0.4, -0.2) is 34.8 Å². The highest BCUT2D eigenvalue weighted by molar-refractivity contribution is 7.09. The number of nitrogens with zero attached hydrogens (tertiary/aromatic N) is 3. The molecule has 2 atom stereocenters. The van der Waals surface area contributed by atoms with Crippen LogP contribution >= 0.6 is 23.7 Å². The number of aromatic nitrogens is 3. The van der Waals surface area contributed by atoms with Crippen LogP contribution in [0, 0.1) is 0 Å². The highest BCUT2D eigenvalue weighted by Crippen LogP contribution is 2.22. The molecule has 0 saturated heterocycles. The molecule has 2 aromatic heterocycles. The molecule has 0 bridgehead atoms. The zero-order valence-electron chi connectivity index (χ0n) is 13.3. The molecule has 0 aliphatic rings. The topological polar surface area (TPSA) is 73.1 Å². The van der Waals surface area contributed by atoms with Gasteiger partial charge in [-0.3, -0.25) is 0 Å². The number of ether oxygens (including phenoxy) is 1. The molecule has 2 rings (SSSR count). The summed E-state index contributed by atoms with van der Waals surface area (Å²) in [6.07, 6.45) is 1.35. The lowest BCUT2D eigenvalue weighted by Crippen LogP contribution is -2.24. The van der Waals surface area contributed by atoms with Crippen molar-refractivity contribution in [2.75, 3.05) is 13.7 Å². The highest BCUT2D eigenvalue weighted by atomic mass is 35.5. The Bertz CT molecular complexity index is 561. The Labute approximate surface area is 141 Å². The number of thiazole rings is 1. The van der Waals surface area contributed by atoms with Gasteiger partial charge in [-0.05, 0) is 27.8 Å². The molecule has 0 spiro atoms. The first-order valence-electron chi connectivity index (χ1n) is 7.17. The van der Waals surface area contributed by atoms with E-state index in [1.165, 1.54) is 0 Å². The smallest absolute Gasteiger partial charge is 0.232 e. The standard InChI is InChI=1S/C14H22N4O2S.ClH/c1-5-19-10(3)14-16-11(8-21-14)7-13-17-12(18-20-13)6-9(2)15-4;/h8-10,15H,5-7H2,1-4H3;1H. The molecule has 0 amide bonds. The molecule has 1 N–H and O–H groups in total. The molecule has 0 saturated carbocycles. The van der Waals surface area contributed by atoms with Gasteiger partial charge in [0.25, 0.3) is 0 Å². The minimum atomic E-state index is 0. The first-order valence-corrected chi connectivity index (χ1v) is 8.05. The van der Waals surface area contributed by atoms with Crippen LogP contribution < -0.4 is 5.32 Å². The molecule has 2 heterocycles. The summed E-state index contributed by atoms with van der Waals surface area (Å²) in [5, 5.41) is 10.2. The summed E-state index contributed by atoms with van der Waals surface area (Å²) in [6, 6.07) is 0.327. The molecule has 8 heteroatoms. The van der Waals surface area contributed by atoms with Crippen LogP contribution in [0.25, 0.3) is 0 Å². The molecular weight excluding hydrogens is 324 g/mol. The van der Waals surface area contributed by atoms with Gasteiger partial charge in [0, 0.05) is 24.4 Å². The van der Waals surface area contributed by atoms with Gasteiger partial charge in [-0.15, -0.1) is 23.7 Å². The van der Waals surface area contributed by atoms with Crippen LogP contribution in [0.2, 0.25) is 0 Å². The summed E-state index contributed by atoms with van der Waals surface area (Å²) in [7, 11) is 1.92. The monoisotopic (exact) mass is 346 g/mol. The predicted molar refractivity (Wildman–Crippen MR) is 88.7 cm³/mol. The second-order valence-electron chi connectivity index (χ2n) is 4.95. The number of likely N-dealkylation sites (N-methyl/N-ethyl adjacent to an activating group) is 1. The SMILES string of the molecule is CCOC(C)c1nc(Cc2nc(CC(C)NC)no2)cs1.Cl. The maximum absolute atomic E-state index is 5.54. The molecular formula is C14H23ClN4O2S. The van der Waals surface area contributed by atoms with E-state index in [0.717, 1.165) is 22.9 Å². The normalized spacial score (nSPS) is 13.6. The second-order valence-corrected chi connectivity index (χ2v) is 5.84. The van der Waals surface area contributed by atoms with Crippen LogP contribution in [-0.2, 0) is 17.6 Å². The maximum Gasteiger partial charge on any atom is 0.232 e. The van der Waals surface area contributed by atoms with Crippen molar-refractivity contribution in [2.24, 2.45) is 0 Å². The van der Waals surface area contributed by atoms with Gasteiger partial charge in [0.2, 0.25) is 5.89 Å². The molecule has 124 valence electrons. The van der Waals surface area contributed by atoms with Crippen molar-refractivity contribution in [3.8, 4) is 0 Å². The molecule has 0 aromatic carbocycles. The molecule has 0 fully saturated rings. The molecule has 0 aliphatic carbocycles. The third kappa shape index (κ3) is 5.31. The Morgan fingerprint density at radius 1 is 1.36 bits per heavy atom. The fourth-order valence-corrected chi connectivity index (χ4v) is 2.71. The van der Waals surface area contributed by atoms with Crippen molar-refractivity contribution < 1.29 is 9.26 Å². The fraction of sp³-hybridized carbons (Fsp3) is 0.643. The van der Waals surface area contributed by atoms with E-state index in [0.29, 0.717) is 25.0 Å². The maximum atomic E-state index is 5.54. The summed E-state index contributed by atoms with van der Waals surface area (Å²) in [6.45, 7) is 6.76. The number of rotatable bonds is 8. The second kappa shape index (κ2) is 9.19. The Kier molecular flexibility index (Phi) is 7.95. The zero-order chi connectivity index (χ0) is 15.2. The molecule has 2 unspecified atom stereocenters. The minimum Gasteiger partial charge on any atom is -0.372 e. The van der Waals surface area contributed by atoms with Crippen molar-refractivity contribution in [1.29, 1.82) is 0 Å². The van der Waals surface area contributed by atoms with E-state index < -0.39 is 0 Å². The third-order valence-corrected chi connectivity index (χ3v) is 4.21. The Morgan fingerprint density at radius 2 is 2.14 bits per heavy atom. The lowest BCUT2D eigenvalue weighted by atomic mass is 10.2. The van der Waals surface area contributed by atoms with Gasteiger partial charge in [-0.25, -0.2) is 4.98 Å². The number of halogens is 1. The summed E-state index contributed by atoms with van der Waals surface area (Å²) in [5.74, 6) is 1.33. The molecule has 6 nitrogen and oxygen atoms in total. The van der Waals surface area contributed by atoms with E-state index in [4.69, 9.17) is 9.26 Å². The van der Waals surface area contributed by atoms with E-state index in [1.54, 1.807) is 11.3 Å². The van der Waals surface area contributed by atoms with Crippen molar-refractivity contribution in [1.82, 2.24) is 20.4 Å². The summed E-state index contributed by atoms with van der Waals surface area (Å²) < 4.78 is 10.8. The van der Waals surface area contributed by atoms with Gasteiger partial charge in [0.05, 0.1) is 12.1 Å². The minimum absolute atomic E-state index is 0. The lowest BCUT2D eigenvalue weighted by molar-refractivity contribution is 0.0761. The van der Waals surface area contributed by atoms with Crippen LogP contribution in [0.1, 0.15) is 49.3 Å². The number of hydrogen-bond donors (Lipinski definition) is 1. The van der Waals surface area contributed by atoms with Gasteiger partial charge < -0.3 is 14.6 Å². The number of nitrogens with one attached hydrogen (secondary N) is 1. The molecule has 0 radical (unpaired) electrons. The van der Waals surface area contributed by atoms with E-state index in [-0.39, 0.29) is 18.5 Å². The average molecular weight is 347 g/mol. The summed E-state index contributed by atoms with van der Waals surface area (Å²) in [4.78, 5) is 8.96. The quantitative estimate of drug-likeness (QED) is 0.792. The lowest BCUT2D eigenvalue weighted by Gasteiger charge is -2.06. The molecule has 0 aliphatic heterocycles. The van der Waals surface area contributed by atoms with E-state index in [2.05, 4.69) is 27.4 Å². The van der Waals surface area contributed by atoms with Crippen molar-refractivity contribution in [3.63, 3.8) is 0 Å². The van der Waals surface area contributed by atoms with Gasteiger partial charge in [-0.1, -0.05) is 5.16 Å². The van der Waals surface area contributed by atoms with Crippen LogP contribution in [0.5, 0.6) is 0 Å². The van der Waals surface area contributed by atoms with Gasteiger partial charge in [0.1, 0.15) is 11.1 Å². The van der Waals surface area contributed by atoms with E-state index in [9.17, 15) is 0 Å². The van der Waals surface area contributed by atoms with Gasteiger partial charge in [0.15, 0.2) is 5.82 Å². The zero-order valence-corrected chi connectivity index (χ0v) is 15.0. The van der Waals surface area contributed by atoms with Crippen molar-refractivity contribution in [2.45, 2.75) is 45.8 Å². The van der Waals surface area contributed by atoms with Crippen LogP contribution in [0.15, 0.2) is 9.90 Å². The first-order chi connectivity index (χ1) is 10.1. The Balaban J connectivity index is 0.00000242. The fourth-order valence-electron chi connectivity index (χ4n) is 1.89. The van der Waals surface area contributed by atoms with Crippen molar-refractivity contribution >= 4 is 23.7 Å².